The van der Waals surface area contributed by atoms with Gasteiger partial charge in [-0.25, -0.2) is 15.0 Å². The molecule has 0 saturated heterocycles. The number of nitrogens with zero attached hydrogens (tertiary/aromatic N) is 4. The van der Waals surface area contributed by atoms with E-state index in [1.54, 1.807) is 11.3 Å². The molecule has 6 nitrogen and oxygen atoms in total. The van der Waals surface area contributed by atoms with Crippen LogP contribution in [-0.2, 0) is 6.54 Å². The Morgan fingerprint density at radius 2 is 2.14 bits per heavy atom. The van der Waals surface area contributed by atoms with Crippen molar-refractivity contribution in [1.82, 2.24) is 25.1 Å². The highest BCUT2D eigenvalue weighted by molar-refractivity contribution is 7.13. The summed E-state index contributed by atoms with van der Waals surface area (Å²) in [5, 5.41) is 12.5. The molecule has 0 bridgehead atoms. The Morgan fingerprint density at radius 1 is 1.27 bits per heavy atom. The summed E-state index contributed by atoms with van der Waals surface area (Å²) in [6.07, 6.45) is 0. The van der Waals surface area contributed by atoms with E-state index in [2.05, 4.69) is 44.3 Å². The van der Waals surface area contributed by atoms with Gasteiger partial charge in [-0.15, -0.1) is 11.3 Å². The van der Waals surface area contributed by atoms with Crippen LogP contribution < -0.4 is 5.32 Å². The number of aromatic amines is 1. The third kappa shape index (κ3) is 3.30. The van der Waals surface area contributed by atoms with Gasteiger partial charge >= 0.3 is 0 Å². The molecule has 3 heterocycles. The lowest BCUT2D eigenvalue weighted by molar-refractivity contribution is 0.766. The Kier molecular flexibility index (Phi) is 4.15. The van der Waals surface area contributed by atoms with Crippen LogP contribution in [0.15, 0.2) is 23.6 Å². The molecule has 0 spiro atoms. The molecule has 3 aromatic rings. The summed E-state index contributed by atoms with van der Waals surface area (Å²) >= 11 is 1.62. The summed E-state index contributed by atoms with van der Waals surface area (Å²) in [4.78, 5) is 14.5. The van der Waals surface area contributed by atoms with Gasteiger partial charge in [0.15, 0.2) is 5.82 Å². The van der Waals surface area contributed by atoms with Crippen LogP contribution in [0.3, 0.4) is 0 Å². The molecule has 114 valence electrons. The van der Waals surface area contributed by atoms with Crippen molar-refractivity contribution < 1.29 is 0 Å². The van der Waals surface area contributed by atoms with Crippen molar-refractivity contribution in [2.75, 3.05) is 5.32 Å². The first kappa shape index (κ1) is 14.6. The fraction of sp³-hybridized carbons (Fsp3) is 0.333. The van der Waals surface area contributed by atoms with E-state index in [0.717, 1.165) is 33.9 Å². The molecule has 0 aliphatic carbocycles. The number of hydrogen-bond donors (Lipinski definition) is 2. The molecule has 0 aliphatic heterocycles. The topological polar surface area (TPSA) is 79.4 Å². The Balaban J connectivity index is 1.70. The Hall–Kier alpha value is -2.28. The van der Waals surface area contributed by atoms with E-state index in [-0.39, 0.29) is 0 Å². The molecular formula is C15H18N6S. The molecule has 0 radical (unpaired) electrons. The molecule has 0 atom stereocenters. The summed E-state index contributed by atoms with van der Waals surface area (Å²) in [5.41, 5.74) is 0.957. The van der Waals surface area contributed by atoms with E-state index >= 15 is 0 Å². The zero-order valence-electron chi connectivity index (χ0n) is 12.8. The Labute approximate surface area is 133 Å². The van der Waals surface area contributed by atoms with Crippen molar-refractivity contribution in [2.45, 2.75) is 33.2 Å². The monoisotopic (exact) mass is 314 g/mol. The van der Waals surface area contributed by atoms with Gasteiger partial charge in [0.2, 0.25) is 0 Å². The maximum Gasteiger partial charge on any atom is 0.191 e. The minimum Gasteiger partial charge on any atom is -0.363 e. The third-order valence-electron chi connectivity index (χ3n) is 3.10. The maximum atomic E-state index is 4.52. The zero-order chi connectivity index (χ0) is 15.5. The van der Waals surface area contributed by atoms with Crippen molar-refractivity contribution in [3.63, 3.8) is 0 Å². The third-order valence-corrected chi connectivity index (χ3v) is 3.96. The number of aryl methyl sites for hydroxylation is 1. The lowest BCUT2D eigenvalue weighted by Crippen LogP contribution is -2.07. The number of anilines is 1. The minimum atomic E-state index is 0.302. The predicted molar refractivity (Wildman–Crippen MR) is 87.9 cm³/mol. The van der Waals surface area contributed by atoms with Crippen LogP contribution in [-0.4, -0.2) is 25.1 Å². The Morgan fingerprint density at radius 3 is 2.86 bits per heavy atom. The van der Waals surface area contributed by atoms with E-state index < -0.39 is 0 Å². The van der Waals surface area contributed by atoms with Crippen LogP contribution in [0.25, 0.3) is 10.7 Å². The lowest BCUT2D eigenvalue weighted by atomic mass is 10.2. The molecule has 2 N–H and O–H groups in total. The second kappa shape index (κ2) is 6.23. The maximum absolute atomic E-state index is 4.52. The van der Waals surface area contributed by atoms with Crippen LogP contribution in [0.4, 0.5) is 5.82 Å². The highest BCUT2D eigenvalue weighted by atomic mass is 32.1. The molecule has 22 heavy (non-hydrogen) atoms. The van der Waals surface area contributed by atoms with Crippen molar-refractivity contribution in [3.05, 3.63) is 40.9 Å². The summed E-state index contributed by atoms with van der Waals surface area (Å²) < 4.78 is 0. The number of rotatable bonds is 5. The fourth-order valence-corrected chi connectivity index (χ4v) is 2.66. The van der Waals surface area contributed by atoms with Gasteiger partial charge in [-0.05, 0) is 18.4 Å². The summed E-state index contributed by atoms with van der Waals surface area (Å²) in [6, 6.07) is 5.93. The van der Waals surface area contributed by atoms with E-state index in [1.807, 2.05) is 30.5 Å². The molecule has 0 unspecified atom stereocenters. The van der Waals surface area contributed by atoms with E-state index in [9.17, 15) is 0 Å². The van der Waals surface area contributed by atoms with Crippen LogP contribution in [0, 0.1) is 6.92 Å². The van der Waals surface area contributed by atoms with Gasteiger partial charge in [0.25, 0.3) is 0 Å². The summed E-state index contributed by atoms with van der Waals surface area (Å²) in [7, 11) is 0. The minimum absolute atomic E-state index is 0.302. The molecule has 3 aromatic heterocycles. The first-order valence-corrected chi connectivity index (χ1v) is 8.04. The van der Waals surface area contributed by atoms with Gasteiger partial charge in [-0.2, -0.15) is 5.10 Å². The largest absolute Gasteiger partial charge is 0.363 e. The zero-order valence-corrected chi connectivity index (χ0v) is 13.6. The van der Waals surface area contributed by atoms with Gasteiger partial charge in [-0.1, -0.05) is 19.9 Å². The predicted octanol–water partition coefficient (Wildman–Crippen LogP) is 3.37. The van der Waals surface area contributed by atoms with Gasteiger partial charge in [0.05, 0.1) is 11.4 Å². The Bertz CT molecular complexity index is 747. The van der Waals surface area contributed by atoms with E-state index in [0.29, 0.717) is 12.5 Å². The van der Waals surface area contributed by atoms with Crippen LogP contribution >= 0.6 is 11.3 Å². The van der Waals surface area contributed by atoms with Gasteiger partial charge in [0, 0.05) is 17.7 Å². The fourth-order valence-electron chi connectivity index (χ4n) is 2.00. The second-order valence-corrected chi connectivity index (χ2v) is 6.29. The van der Waals surface area contributed by atoms with Crippen LogP contribution in [0.1, 0.15) is 37.1 Å². The van der Waals surface area contributed by atoms with Crippen LogP contribution in [0.5, 0.6) is 0 Å². The van der Waals surface area contributed by atoms with Crippen molar-refractivity contribution >= 4 is 17.2 Å². The summed E-state index contributed by atoms with van der Waals surface area (Å²) in [5.74, 6) is 3.47. The lowest BCUT2D eigenvalue weighted by Gasteiger charge is -2.09. The van der Waals surface area contributed by atoms with Crippen molar-refractivity contribution in [2.24, 2.45) is 0 Å². The molecule has 3 rings (SSSR count). The highest BCUT2D eigenvalue weighted by Crippen LogP contribution is 2.20. The molecule has 7 heteroatoms. The SMILES string of the molecule is Cc1cc(NCc2nc(-c3cccs3)n[nH]2)nc(C(C)C)n1. The number of nitrogens with one attached hydrogen (secondary N) is 2. The normalized spacial score (nSPS) is 11.1. The first-order valence-electron chi connectivity index (χ1n) is 7.16. The highest BCUT2D eigenvalue weighted by Gasteiger charge is 2.09. The van der Waals surface area contributed by atoms with Crippen molar-refractivity contribution in [3.8, 4) is 10.7 Å². The van der Waals surface area contributed by atoms with E-state index in [4.69, 9.17) is 0 Å². The molecular weight excluding hydrogens is 296 g/mol. The summed E-state index contributed by atoms with van der Waals surface area (Å²) in [6.45, 7) is 6.69. The van der Waals surface area contributed by atoms with Crippen LogP contribution in [0.2, 0.25) is 0 Å². The van der Waals surface area contributed by atoms with Gasteiger partial charge < -0.3 is 5.32 Å². The molecule has 0 aliphatic rings. The quantitative estimate of drug-likeness (QED) is 0.755. The molecule has 0 aromatic carbocycles. The standard InChI is InChI=1S/C15H18N6S/c1-9(2)14-17-10(3)7-12(18-14)16-8-13-19-15(21-20-13)11-5-4-6-22-11/h4-7,9H,8H2,1-3H3,(H,16,17,18)(H,19,20,21). The number of H-pyrrole nitrogens is 1. The molecule has 0 amide bonds. The van der Waals surface area contributed by atoms with E-state index in [1.165, 1.54) is 0 Å². The molecule has 0 fully saturated rings. The van der Waals surface area contributed by atoms with Crippen molar-refractivity contribution in [1.29, 1.82) is 0 Å². The first-order chi connectivity index (χ1) is 10.6. The number of aromatic nitrogens is 5. The second-order valence-electron chi connectivity index (χ2n) is 5.34. The van der Waals surface area contributed by atoms with Gasteiger partial charge in [-0.3, -0.25) is 5.10 Å². The number of hydrogen-bond acceptors (Lipinski definition) is 6. The van der Waals surface area contributed by atoms with Gasteiger partial charge in [0.1, 0.15) is 17.5 Å². The molecule has 0 saturated carbocycles. The average molecular weight is 314 g/mol. The average Bonchev–Trinajstić information content (AvgIpc) is 3.15. The number of thiophene rings is 1. The smallest absolute Gasteiger partial charge is 0.191 e.